The van der Waals surface area contributed by atoms with Crippen molar-refractivity contribution in [1.82, 2.24) is 20.3 Å². The Morgan fingerprint density at radius 2 is 2.00 bits per heavy atom. The lowest BCUT2D eigenvalue weighted by atomic mass is 9.90. The van der Waals surface area contributed by atoms with E-state index < -0.39 is 0 Å². The van der Waals surface area contributed by atoms with Crippen LogP contribution in [0.5, 0.6) is 0 Å². The molecule has 0 aliphatic heterocycles. The van der Waals surface area contributed by atoms with E-state index >= 15 is 0 Å². The highest BCUT2D eigenvalue weighted by Crippen LogP contribution is 2.18. The fourth-order valence-corrected chi connectivity index (χ4v) is 2.06. The Bertz CT molecular complexity index is 536. The first-order valence-corrected chi connectivity index (χ1v) is 7.27. The molecule has 1 N–H and O–H groups in total. The van der Waals surface area contributed by atoms with E-state index in [1.807, 2.05) is 36.5 Å². The van der Waals surface area contributed by atoms with E-state index in [0.717, 1.165) is 37.5 Å². The zero-order valence-corrected chi connectivity index (χ0v) is 13.0. The normalized spacial score (nSPS) is 11.8. The Kier molecular flexibility index (Phi) is 5.47. The van der Waals surface area contributed by atoms with Gasteiger partial charge in [-0.25, -0.2) is 0 Å². The molecule has 5 heteroatoms. The molecule has 2 aromatic rings. The molecule has 0 unspecified atom stereocenters. The molecular weight excluding hydrogens is 264 g/mol. The number of hydrogen-bond donors (Lipinski definition) is 1. The maximum absolute atomic E-state index is 5.14. The van der Waals surface area contributed by atoms with E-state index in [1.54, 1.807) is 11.9 Å². The minimum absolute atomic E-state index is 0.214. The van der Waals surface area contributed by atoms with Crippen LogP contribution in [-0.2, 0) is 11.3 Å². The highest BCUT2D eigenvalue weighted by Gasteiger charge is 2.17. The van der Waals surface area contributed by atoms with Crippen LogP contribution in [0.1, 0.15) is 26.0 Å². The SMILES string of the molecule is COCCC(C)(C)CNCc1cnn(-c2ccccc2)n1. The predicted molar refractivity (Wildman–Crippen MR) is 83.3 cm³/mol. The van der Waals surface area contributed by atoms with Crippen molar-refractivity contribution in [2.45, 2.75) is 26.8 Å². The molecule has 1 aromatic heterocycles. The Morgan fingerprint density at radius 1 is 1.24 bits per heavy atom. The molecule has 0 saturated heterocycles. The molecule has 0 spiro atoms. The monoisotopic (exact) mass is 288 g/mol. The Labute approximate surface area is 126 Å². The first kappa shape index (κ1) is 15.7. The molecule has 0 amide bonds. The number of rotatable bonds is 8. The van der Waals surface area contributed by atoms with Gasteiger partial charge in [0.25, 0.3) is 0 Å². The van der Waals surface area contributed by atoms with Crippen LogP contribution >= 0.6 is 0 Å². The second kappa shape index (κ2) is 7.33. The summed E-state index contributed by atoms with van der Waals surface area (Å²) in [4.78, 5) is 1.66. The highest BCUT2D eigenvalue weighted by molar-refractivity contribution is 5.28. The van der Waals surface area contributed by atoms with Crippen LogP contribution in [-0.4, -0.2) is 35.3 Å². The van der Waals surface area contributed by atoms with Crippen molar-refractivity contribution in [3.8, 4) is 5.69 Å². The Hall–Kier alpha value is -1.72. The molecular formula is C16H24N4O. The summed E-state index contributed by atoms with van der Waals surface area (Å²) in [6.45, 7) is 6.91. The lowest BCUT2D eigenvalue weighted by Crippen LogP contribution is -2.30. The number of hydrogen-bond acceptors (Lipinski definition) is 4. The molecule has 0 atom stereocenters. The van der Waals surface area contributed by atoms with Crippen LogP contribution in [0.3, 0.4) is 0 Å². The number of ether oxygens (including phenoxy) is 1. The third-order valence-electron chi connectivity index (χ3n) is 3.42. The molecule has 0 fully saturated rings. The van der Waals surface area contributed by atoms with Crippen LogP contribution in [0.4, 0.5) is 0 Å². The Morgan fingerprint density at radius 3 is 2.71 bits per heavy atom. The van der Waals surface area contributed by atoms with E-state index in [-0.39, 0.29) is 5.41 Å². The van der Waals surface area contributed by atoms with Crippen molar-refractivity contribution in [1.29, 1.82) is 0 Å². The zero-order chi connectivity index (χ0) is 15.1. The van der Waals surface area contributed by atoms with Gasteiger partial charge in [-0.2, -0.15) is 15.0 Å². The summed E-state index contributed by atoms with van der Waals surface area (Å²) in [6, 6.07) is 9.93. The standard InChI is InChI=1S/C16H24N4O/c1-16(2,9-10-21-3)13-17-11-14-12-18-20(19-14)15-7-5-4-6-8-15/h4-8,12,17H,9-11,13H2,1-3H3. The van der Waals surface area contributed by atoms with Crippen LogP contribution in [0.25, 0.3) is 5.69 Å². The molecule has 1 aromatic carbocycles. The van der Waals surface area contributed by atoms with Gasteiger partial charge in [0.2, 0.25) is 0 Å². The highest BCUT2D eigenvalue weighted by atomic mass is 16.5. The molecule has 0 radical (unpaired) electrons. The van der Waals surface area contributed by atoms with Crippen LogP contribution in [0, 0.1) is 5.41 Å². The van der Waals surface area contributed by atoms with E-state index in [4.69, 9.17) is 4.74 Å². The number of para-hydroxylation sites is 1. The number of nitrogens with zero attached hydrogens (tertiary/aromatic N) is 3. The molecule has 0 aliphatic carbocycles. The minimum Gasteiger partial charge on any atom is -0.385 e. The predicted octanol–water partition coefficient (Wildman–Crippen LogP) is 2.42. The van der Waals surface area contributed by atoms with Crippen molar-refractivity contribution in [2.24, 2.45) is 5.41 Å². The summed E-state index contributed by atoms with van der Waals surface area (Å²) in [5.41, 5.74) is 2.14. The van der Waals surface area contributed by atoms with Gasteiger partial charge in [-0.1, -0.05) is 32.0 Å². The van der Waals surface area contributed by atoms with Gasteiger partial charge < -0.3 is 10.1 Å². The Balaban J connectivity index is 1.83. The zero-order valence-electron chi connectivity index (χ0n) is 13.0. The quantitative estimate of drug-likeness (QED) is 0.810. The van der Waals surface area contributed by atoms with Gasteiger partial charge in [-0.05, 0) is 24.0 Å². The second-order valence-electron chi connectivity index (χ2n) is 5.97. The summed E-state index contributed by atoms with van der Waals surface area (Å²) in [6.07, 6.45) is 2.84. The second-order valence-corrected chi connectivity index (χ2v) is 5.97. The molecule has 21 heavy (non-hydrogen) atoms. The van der Waals surface area contributed by atoms with Crippen molar-refractivity contribution in [3.05, 3.63) is 42.2 Å². The first-order valence-electron chi connectivity index (χ1n) is 7.27. The lowest BCUT2D eigenvalue weighted by Gasteiger charge is -2.24. The van der Waals surface area contributed by atoms with Crippen molar-refractivity contribution < 1.29 is 4.74 Å². The van der Waals surface area contributed by atoms with Gasteiger partial charge in [0.1, 0.15) is 0 Å². The molecule has 0 saturated carbocycles. The number of aromatic nitrogens is 3. The van der Waals surface area contributed by atoms with Crippen LogP contribution in [0.2, 0.25) is 0 Å². The molecule has 2 rings (SSSR count). The van der Waals surface area contributed by atoms with E-state index in [2.05, 4.69) is 29.4 Å². The summed E-state index contributed by atoms with van der Waals surface area (Å²) < 4.78 is 5.14. The van der Waals surface area contributed by atoms with E-state index in [0.29, 0.717) is 0 Å². The summed E-state index contributed by atoms with van der Waals surface area (Å²) in [5.74, 6) is 0. The van der Waals surface area contributed by atoms with E-state index in [9.17, 15) is 0 Å². The van der Waals surface area contributed by atoms with Gasteiger partial charge in [-0.15, -0.1) is 0 Å². The molecule has 0 aliphatic rings. The average molecular weight is 288 g/mol. The topological polar surface area (TPSA) is 52.0 Å². The smallest absolute Gasteiger partial charge is 0.0969 e. The average Bonchev–Trinajstić information content (AvgIpc) is 2.95. The van der Waals surface area contributed by atoms with Gasteiger partial charge >= 0.3 is 0 Å². The van der Waals surface area contributed by atoms with E-state index in [1.165, 1.54) is 0 Å². The molecule has 5 nitrogen and oxygen atoms in total. The lowest BCUT2D eigenvalue weighted by molar-refractivity contribution is 0.150. The van der Waals surface area contributed by atoms with Crippen LogP contribution < -0.4 is 5.32 Å². The first-order chi connectivity index (χ1) is 10.1. The minimum atomic E-state index is 0.214. The van der Waals surface area contributed by atoms with Gasteiger partial charge in [0, 0.05) is 26.8 Å². The number of benzene rings is 1. The largest absolute Gasteiger partial charge is 0.385 e. The number of nitrogens with one attached hydrogen (secondary N) is 1. The maximum atomic E-state index is 5.14. The third kappa shape index (κ3) is 4.95. The number of methoxy groups -OCH3 is 1. The van der Waals surface area contributed by atoms with Gasteiger partial charge in [0.05, 0.1) is 17.6 Å². The van der Waals surface area contributed by atoms with Gasteiger partial charge in [-0.3, -0.25) is 0 Å². The summed E-state index contributed by atoms with van der Waals surface area (Å²) in [7, 11) is 1.74. The fourth-order valence-electron chi connectivity index (χ4n) is 2.06. The van der Waals surface area contributed by atoms with Crippen LogP contribution in [0.15, 0.2) is 36.5 Å². The maximum Gasteiger partial charge on any atom is 0.0969 e. The summed E-state index contributed by atoms with van der Waals surface area (Å²) >= 11 is 0. The van der Waals surface area contributed by atoms with Crippen molar-refractivity contribution >= 4 is 0 Å². The van der Waals surface area contributed by atoms with Gasteiger partial charge in [0.15, 0.2) is 0 Å². The van der Waals surface area contributed by atoms with Crippen molar-refractivity contribution in [3.63, 3.8) is 0 Å². The van der Waals surface area contributed by atoms with Crippen molar-refractivity contribution in [2.75, 3.05) is 20.3 Å². The molecule has 0 bridgehead atoms. The molecule has 1 heterocycles. The molecule has 114 valence electrons. The fraction of sp³-hybridized carbons (Fsp3) is 0.500. The summed E-state index contributed by atoms with van der Waals surface area (Å²) in [5, 5.41) is 12.2. The third-order valence-corrected chi connectivity index (χ3v) is 3.42.